The number of anilines is 2. The molecule has 0 aliphatic heterocycles. The molecule has 0 bridgehead atoms. The molecule has 5 aromatic rings. The summed E-state index contributed by atoms with van der Waals surface area (Å²) in [7, 11) is -5.77. The van der Waals surface area contributed by atoms with E-state index in [1.165, 1.54) is 37.0 Å². The summed E-state index contributed by atoms with van der Waals surface area (Å²) < 4.78 is 66.0. The first-order valence-electron chi connectivity index (χ1n) is 12.4. The van der Waals surface area contributed by atoms with Crippen LogP contribution in [0, 0.1) is 0 Å². The molecule has 1 N–H and O–H groups in total. The SMILES string of the molecule is CCCCCc1ccc(Nc2ccc3c4ccc(OS(=O)(=O)C(F)(F)F)cc4c4ccccc4c3c2)cc1. The van der Waals surface area contributed by atoms with Gasteiger partial charge in [0.15, 0.2) is 0 Å². The average molecular weight is 538 g/mol. The number of aryl methyl sites for hydroxylation is 1. The normalized spacial score (nSPS) is 12.3. The van der Waals surface area contributed by atoms with Gasteiger partial charge in [0.05, 0.1) is 0 Å². The van der Waals surface area contributed by atoms with E-state index in [-0.39, 0.29) is 0 Å². The number of alkyl halides is 3. The molecule has 0 spiro atoms. The molecule has 0 aliphatic rings. The lowest BCUT2D eigenvalue weighted by Crippen LogP contribution is -2.28. The fourth-order valence-corrected chi connectivity index (χ4v) is 5.19. The predicted octanol–water partition coefficient (Wildman–Crippen LogP) is 8.85. The summed E-state index contributed by atoms with van der Waals surface area (Å²) >= 11 is 0. The Morgan fingerprint density at radius 2 is 1.29 bits per heavy atom. The van der Waals surface area contributed by atoms with Crippen molar-refractivity contribution in [2.45, 2.75) is 38.1 Å². The molecule has 0 aliphatic carbocycles. The van der Waals surface area contributed by atoms with Gasteiger partial charge in [0.2, 0.25) is 0 Å². The van der Waals surface area contributed by atoms with E-state index in [0.717, 1.165) is 44.7 Å². The third-order valence-electron chi connectivity index (χ3n) is 6.61. The molecule has 0 unspecified atom stereocenters. The smallest absolute Gasteiger partial charge is 0.376 e. The molecule has 0 heterocycles. The summed E-state index contributed by atoms with van der Waals surface area (Å²) in [4.78, 5) is 0. The summed E-state index contributed by atoms with van der Waals surface area (Å²) in [5.74, 6) is -0.393. The van der Waals surface area contributed by atoms with Crippen LogP contribution in [0.4, 0.5) is 24.5 Å². The molecule has 0 fully saturated rings. The summed E-state index contributed by atoms with van der Waals surface area (Å²) in [5, 5.41) is 8.35. The Hall–Kier alpha value is -3.78. The van der Waals surface area contributed by atoms with Gasteiger partial charge in [-0.25, -0.2) is 0 Å². The van der Waals surface area contributed by atoms with Crippen molar-refractivity contribution < 1.29 is 25.8 Å². The third kappa shape index (κ3) is 5.13. The fourth-order valence-electron chi connectivity index (χ4n) is 4.74. The average Bonchev–Trinajstić information content (AvgIpc) is 2.89. The summed E-state index contributed by atoms with van der Waals surface area (Å²) in [5.41, 5.74) is -2.32. The van der Waals surface area contributed by atoms with Gasteiger partial charge in [0.1, 0.15) is 5.75 Å². The van der Waals surface area contributed by atoms with Crippen molar-refractivity contribution in [3.05, 3.63) is 90.5 Å². The Morgan fingerprint density at radius 3 is 1.92 bits per heavy atom. The molecule has 0 saturated heterocycles. The van der Waals surface area contributed by atoms with Crippen molar-refractivity contribution in [1.29, 1.82) is 0 Å². The number of halogens is 3. The van der Waals surface area contributed by atoms with Gasteiger partial charge in [-0.1, -0.05) is 62.2 Å². The lowest BCUT2D eigenvalue weighted by Gasteiger charge is -2.15. The van der Waals surface area contributed by atoms with Crippen LogP contribution >= 0.6 is 0 Å². The highest BCUT2D eigenvalue weighted by Gasteiger charge is 2.48. The molecule has 5 aromatic carbocycles. The van der Waals surface area contributed by atoms with E-state index in [0.29, 0.717) is 5.39 Å². The van der Waals surface area contributed by atoms with Crippen LogP contribution < -0.4 is 9.50 Å². The van der Waals surface area contributed by atoms with Crippen molar-refractivity contribution in [2.24, 2.45) is 0 Å². The van der Waals surface area contributed by atoms with Gasteiger partial charge in [-0.05, 0) is 93.2 Å². The van der Waals surface area contributed by atoms with Crippen LogP contribution in [0.1, 0.15) is 31.7 Å². The molecule has 0 atom stereocenters. The van der Waals surface area contributed by atoms with Crippen molar-refractivity contribution >= 4 is 53.8 Å². The van der Waals surface area contributed by atoms with E-state index in [1.54, 1.807) is 6.07 Å². The number of hydrogen-bond acceptors (Lipinski definition) is 4. The second-order valence-corrected chi connectivity index (χ2v) is 10.8. The molecule has 0 saturated carbocycles. The maximum Gasteiger partial charge on any atom is 0.534 e. The second-order valence-electron chi connectivity index (χ2n) is 9.28. The number of hydrogen-bond donors (Lipinski definition) is 1. The molecule has 4 nitrogen and oxygen atoms in total. The fraction of sp³-hybridized carbons (Fsp3) is 0.200. The summed E-state index contributed by atoms with van der Waals surface area (Å²) in [6, 6.07) is 26.1. The Balaban J connectivity index is 1.53. The van der Waals surface area contributed by atoms with Crippen molar-refractivity contribution in [1.82, 2.24) is 0 Å². The van der Waals surface area contributed by atoms with Crippen LogP contribution in [0.15, 0.2) is 84.9 Å². The zero-order valence-corrected chi connectivity index (χ0v) is 21.5. The molecular weight excluding hydrogens is 511 g/mol. The van der Waals surface area contributed by atoms with E-state index in [4.69, 9.17) is 0 Å². The van der Waals surface area contributed by atoms with Crippen molar-refractivity contribution in [2.75, 3.05) is 5.32 Å². The van der Waals surface area contributed by atoms with Crippen LogP contribution in [-0.4, -0.2) is 13.9 Å². The lowest BCUT2D eigenvalue weighted by atomic mass is 9.94. The second kappa shape index (κ2) is 10.2. The summed E-state index contributed by atoms with van der Waals surface area (Å²) in [6.07, 6.45) is 4.67. The Kier molecular flexibility index (Phi) is 6.92. The minimum absolute atomic E-state index is 0.393. The van der Waals surface area contributed by atoms with Gasteiger partial charge in [-0.15, -0.1) is 0 Å². The van der Waals surface area contributed by atoms with Gasteiger partial charge in [-0.3, -0.25) is 0 Å². The van der Waals surface area contributed by atoms with E-state index < -0.39 is 21.4 Å². The van der Waals surface area contributed by atoms with Gasteiger partial charge in [-0.2, -0.15) is 21.6 Å². The number of rotatable bonds is 8. The maximum atomic E-state index is 12.9. The van der Waals surface area contributed by atoms with E-state index in [1.807, 2.05) is 42.5 Å². The van der Waals surface area contributed by atoms with Crippen LogP contribution in [0.25, 0.3) is 32.3 Å². The topological polar surface area (TPSA) is 55.4 Å². The number of benzene rings is 5. The van der Waals surface area contributed by atoms with E-state index in [2.05, 4.69) is 40.7 Å². The Labute approximate surface area is 219 Å². The van der Waals surface area contributed by atoms with Gasteiger partial charge < -0.3 is 9.50 Å². The highest BCUT2D eigenvalue weighted by Crippen LogP contribution is 2.39. The molecule has 0 amide bonds. The largest absolute Gasteiger partial charge is 0.534 e. The minimum Gasteiger partial charge on any atom is -0.376 e. The van der Waals surface area contributed by atoms with Crippen molar-refractivity contribution in [3.63, 3.8) is 0 Å². The van der Waals surface area contributed by atoms with Crippen molar-refractivity contribution in [3.8, 4) is 5.75 Å². The standard InChI is InChI=1S/C30H26F3NO3S/c1-2-3-4-7-20-10-12-21(13-11-20)34-22-14-16-26-27-17-15-23(37-38(35,36)30(31,32)33)19-29(27)25-9-6-5-8-24(25)28(26)18-22/h5-6,8-19,34H,2-4,7H2,1H3. The lowest BCUT2D eigenvalue weighted by molar-refractivity contribution is -0.0500. The number of fused-ring (bicyclic) bond motifs is 6. The highest BCUT2D eigenvalue weighted by molar-refractivity contribution is 7.88. The molecule has 0 radical (unpaired) electrons. The zero-order chi connectivity index (χ0) is 26.9. The number of nitrogens with one attached hydrogen (secondary N) is 1. The van der Waals surface area contributed by atoms with Gasteiger partial charge in [0, 0.05) is 11.4 Å². The number of unbranched alkanes of at least 4 members (excludes halogenated alkanes) is 2. The van der Waals surface area contributed by atoms with E-state index >= 15 is 0 Å². The van der Waals surface area contributed by atoms with Crippen LogP contribution in [0.3, 0.4) is 0 Å². The Bertz CT molecular complexity index is 1710. The van der Waals surface area contributed by atoms with Gasteiger partial charge in [0.25, 0.3) is 0 Å². The third-order valence-corrected chi connectivity index (χ3v) is 7.59. The summed E-state index contributed by atoms with van der Waals surface area (Å²) in [6.45, 7) is 2.19. The molecule has 0 aromatic heterocycles. The first-order chi connectivity index (χ1) is 18.2. The van der Waals surface area contributed by atoms with Crippen LogP contribution in [-0.2, 0) is 16.5 Å². The predicted molar refractivity (Wildman–Crippen MR) is 148 cm³/mol. The zero-order valence-electron chi connectivity index (χ0n) is 20.7. The van der Waals surface area contributed by atoms with Gasteiger partial charge >= 0.3 is 15.6 Å². The first kappa shape index (κ1) is 25.9. The molecule has 196 valence electrons. The minimum atomic E-state index is -5.77. The highest BCUT2D eigenvalue weighted by atomic mass is 32.2. The quantitative estimate of drug-likeness (QED) is 0.0930. The monoisotopic (exact) mass is 537 g/mol. The molecule has 8 heteroatoms. The Morgan fingerprint density at radius 1 is 0.711 bits per heavy atom. The molecular formula is C30H26F3NO3S. The molecule has 38 heavy (non-hydrogen) atoms. The molecule has 5 rings (SSSR count). The first-order valence-corrected chi connectivity index (χ1v) is 13.8. The maximum absolute atomic E-state index is 12.9. The van der Waals surface area contributed by atoms with Crippen LogP contribution in [0.5, 0.6) is 5.75 Å². The van der Waals surface area contributed by atoms with E-state index in [9.17, 15) is 21.6 Å². The van der Waals surface area contributed by atoms with Crippen LogP contribution in [0.2, 0.25) is 0 Å².